The van der Waals surface area contributed by atoms with Crippen molar-refractivity contribution in [3.05, 3.63) is 23.8 Å². The predicted molar refractivity (Wildman–Crippen MR) is 64.5 cm³/mol. The van der Waals surface area contributed by atoms with Gasteiger partial charge >= 0.3 is 0 Å². The van der Waals surface area contributed by atoms with E-state index in [0.717, 1.165) is 30.8 Å². The van der Waals surface area contributed by atoms with Crippen LogP contribution < -0.4 is 10.6 Å². The molecule has 2 rings (SSSR count). The molecule has 0 fully saturated rings. The van der Waals surface area contributed by atoms with E-state index in [-0.39, 0.29) is 6.61 Å². The van der Waals surface area contributed by atoms with Crippen LogP contribution in [0.1, 0.15) is 12.0 Å². The molecule has 4 nitrogen and oxygen atoms in total. The third-order valence-corrected chi connectivity index (χ3v) is 2.97. The number of aliphatic hydroxyl groups is 2. The molecule has 1 unspecified atom stereocenters. The van der Waals surface area contributed by atoms with Crippen LogP contribution in [0.25, 0.3) is 0 Å². The largest absolute Gasteiger partial charge is 0.399 e. The van der Waals surface area contributed by atoms with E-state index in [1.54, 1.807) is 0 Å². The monoisotopic (exact) mass is 222 g/mol. The number of rotatable bonds is 3. The first-order valence-corrected chi connectivity index (χ1v) is 5.63. The Bertz CT molecular complexity index is 368. The SMILES string of the molecule is Nc1ccc2c(c1)N(CC(O)CO)CCC2. The second kappa shape index (κ2) is 4.72. The summed E-state index contributed by atoms with van der Waals surface area (Å²) in [5.74, 6) is 0. The fourth-order valence-electron chi connectivity index (χ4n) is 2.17. The van der Waals surface area contributed by atoms with E-state index in [1.165, 1.54) is 5.56 Å². The molecule has 0 radical (unpaired) electrons. The summed E-state index contributed by atoms with van der Waals surface area (Å²) in [5.41, 5.74) is 8.87. The summed E-state index contributed by atoms with van der Waals surface area (Å²) in [4.78, 5) is 2.09. The van der Waals surface area contributed by atoms with E-state index < -0.39 is 6.10 Å². The van der Waals surface area contributed by atoms with E-state index in [2.05, 4.69) is 4.90 Å². The van der Waals surface area contributed by atoms with E-state index in [4.69, 9.17) is 10.8 Å². The number of hydrogen-bond acceptors (Lipinski definition) is 4. The first-order chi connectivity index (χ1) is 7.70. The summed E-state index contributed by atoms with van der Waals surface area (Å²) in [6, 6.07) is 5.89. The molecule has 0 bridgehead atoms. The number of aryl methyl sites for hydroxylation is 1. The molecule has 0 aliphatic carbocycles. The third-order valence-electron chi connectivity index (χ3n) is 2.97. The van der Waals surface area contributed by atoms with Crippen LogP contribution in [-0.2, 0) is 6.42 Å². The van der Waals surface area contributed by atoms with Crippen molar-refractivity contribution in [3.63, 3.8) is 0 Å². The zero-order valence-corrected chi connectivity index (χ0v) is 9.26. The Balaban J connectivity index is 2.21. The van der Waals surface area contributed by atoms with Crippen molar-refractivity contribution in [1.82, 2.24) is 0 Å². The normalized spacial score (nSPS) is 17.0. The van der Waals surface area contributed by atoms with Crippen molar-refractivity contribution >= 4 is 11.4 Å². The van der Waals surface area contributed by atoms with Gasteiger partial charge in [-0.25, -0.2) is 0 Å². The van der Waals surface area contributed by atoms with Crippen LogP contribution in [0.3, 0.4) is 0 Å². The molecule has 1 aliphatic rings. The molecule has 1 aromatic carbocycles. The number of nitrogen functional groups attached to an aromatic ring is 1. The molecule has 1 aliphatic heterocycles. The topological polar surface area (TPSA) is 69.7 Å². The highest BCUT2D eigenvalue weighted by Gasteiger charge is 2.19. The smallest absolute Gasteiger partial charge is 0.0945 e. The highest BCUT2D eigenvalue weighted by molar-refractivity contribution is 5.62. The van der Waals surface area contributed by atoms with Gasteiger partial charge in [-0.05, 0) is 30.5 Å². The summed E-state index contributed by atoms with van der Waals surface area (Å²) >= 11 is 0. The molecule has 16 heavy (non-hydrogen) atoms. The minimum atomic E-state index is -0.688. The summed E-state index contributed by atoms with van der Waals surface area (Å²) in [7, 11) is 0. The van der Waals surface area contributed by atoms with Crippen molar-refractivity contribution in [2.75, 3.05) is 30.3 Å². The zero-order valence-electron chi connectivity index (χ0n) is 9.26. The number of aliphatic hydroxyl groups excluding tert-OH is 2. The van der Waals surface area contributed by atoms with Crippen molar-refractivity contribution in [2.24, 2.45) is 0 Å². The number of hydrogen-bond donors (Lipinski definition) is 3. The van der Waals surface area contributed by atoms with Crippen LogP contribution in [0.2, 0.25) is 0 Å². The van der Waals surface area contributed by atoms with Crippen molar-refractivity contribution in [3.8, 4) is 0 Å². The zero-order chi connectivity index (χ0) is 11.5. The van der Waals surface area contributed by atoms with Gasteiger partial charge in [-0.1, -0.05) is 6.07 Å². The molecule has 4 heteroatoms. The lowest BCUT2D eigenvalue weighted by atomic mass is 10.0. The summed E-state index contributed by atoms with van der Waals surface area (Å²) < 4.78 is 0. The molecule has 0 spiro atoms. The highest BCUT2D eigenvalue weighted by atomic mass is 16.3. The van der Waals surface area contributed by atoms with Crippen LogP contribution >= 0.6 is 0 Å². The average Bonchev–Trinajstić information content (AvgIpc) is 2.29. The van der Waals surface area contributed by atoms with Gasteiger partial charge in [0.05, 0.1) is 12.7 Å². The summed E-state index contributed by atoms with van der Waals surface area (Å²) in [6.45, 7) is 1.18. The first kappa shape index (κ1) is 11.2. The van der Waals surface area contributed by atoms with E-state index in [0.29, 0.717) is 6.54 Å². The molecule has 88 valence electrons. The maximum absolute atomic E-state index is 9.48. The number of nitrogens with zero attached hydrogens (tertiary/aromatic N) is 1. The molecule has 0 amide bonds. The molecule has 1 heterocycles. The standard InChI is InChI=1S/C12H18N2O2/c13-10-4-3-9-2-1-5-14(12(9)6-10)7-11(16)8-15/h3-4,6,11,15-16H,1-2,5,7-8,13H2. The fourth-order valence-corrected chi connectivity index (χ4v) is 2.17. The van der Waals surface area contributed by atoms with Gasteiger partial charge in [0.15, 0.2) is 0 Å². The van der Waals surface area contributed by atoms with Gasteiger partial charge in [-0.3, -0.25) is 0 Å². The summed E-state index contributed by atoms with van der Waals surface area (Å²) in [5, 5.41) is 18.3. The van der Waals surface area contributed by atoms with Gasteiger partial charge < -0.3 is 20.8 Å². The minimum Gasteiger partial charge on any atom is -0.399 e. The van der Waals surface area contributed by atoms with E-state index in [1.807, 2.05) is 18.2 Å². The van der Waals surface area contributed by atoms with Gasteiger partial charge in [-0.2, -0.15) is 0 Å². The van der Waals surface area contributed by atoms with Crippen LogP contribution in [0.5, 0.6) is 0 Å². The van der Waals surface area contributed by atoms with Crippen molar-refractivity contribution < 1.29 is 10.2 Å². The van der Waals surface area contributed by atoms with E-state index >= 15 is 0 Å². The fraction of sp³-hybridized carbons (Fsp3) is 0.500. The Kier molecular flexibility index (Phi) is 3.31. The van der Waals surface area contributed by atoms with Gasteiger partial charge in [0.2, 0.25) is 0 Å². The minimum absolute atomic E-state index is 0.200. The average molecular weight is 222 g/mol. The molecule has 4 N–H and O–H groups in total. The Morgan fingerprint density at radius 3 is 3.00 bits per heavy atom. The van der Waals surface area contributed by atoms with Gasteiger partial charge in [0, 0.05) is 24.5 Å². The second-order valence-electron chi connectivity index (χ2n) is 4.27. The Morgan fingerprint density at radius 2 is 2.25 bits per heavy atom. The second-order valence-corrected chi connectivity index (χ2v) is 4.27. The van der Waals surface area contributed by atoms with E-state index in [9.17, 15) is 5.11 Å². The van der Waals surface area contributed by atoms with Crippen molar-refractivity contribution in [1.29, 1.82) is 0 Å². The molecule has 1 aromatic rings. The number of fused-ring (bicyclic) bond motifs is 1. The predicted octanol–water partition coefficient (Wildman–Crippen LogP) is 0.375. The van der Waals surface area contributed by atoms with Crippen LogP contribution in [0.4, 0.5) is 11.4 Å². The Morgan fingerprint density at radius 1 is 1.44 bits per heavy atom. The third kappa shape index (κ3) is 2.28. The lowest BCUT2D eigenvalue weighted by Gasteiger charge is -2.32. The van der Waals surface area contributed by atoms with Crippen LogP contribution in [0, 0.1) is 0 Å². The van der Waals surface area contributed by atoms with Gasteiger partial charge in [-0.15, -0.1) is 0 Å². The number of anilines is 2. The lowest BCUT2D eigenvalue weighted by molar-refractivity contribution is 0.0996. The molecule has 0 aromatic heterocycles. The Labute approximate surface area is 95.3 Å². The maximum Gasteiger partial charge on any atom is 0.0945 e. The summed E-state index contributed by atoms with van der Waals surface area (Å²) in [6.07, 6.45) is 1.45. The molecular weight excluding hydrogens is 204 g/mol. The first-order valence-electron chi connectivity index (χ1n) is 5.63. The number of benzene rings is 1. The van der Waals surface area contributed by atoms with Gasteiger partial charge in [0.25, 0.3) is 0 Å². The number of nitrogens with two attached hydrogens (primary N) is 1. The van der Waals surface area contributed by atoms with Crippen molar-refractivity contribution in [2.45, 2.75) is 18.9 Å². The Hall–Kier alpha value is -1.26. The molecule has 0 saturated carbocycles. The quantitative estimate of drug-likeness (QED) is 0.646. The molecule has 1 atom stereocenters. The lowest BCUT2D eigenvalue weighted by Crippen LogP contribution is -2.37. The highest BCUT2D eigenvalue weighted by Crippen LogP contribution is 2.29. The number of β-amino-alcohol motifs (C(OH)–C–C–N with tert-alkyl or cyclic N) is 1. The maximum atomic E-state index is 9.48. The van der Waals surface area contributed by atoms with Gasteiger partial charge in [0.1, 0.15) is 0 Å². The molecule has 0 saturated heterocycles. The molecular formula is C12H18N2O2. The van der Waals surface area contributed by atoms with Crippen LogP contribution in [-0.4, -0.2) is 36.0 Å². The van der Waals surface area contributed by atoms with Crippen LogP contribution in [0.15, 0.2) is 18.2 Å².